The third-order valence-electron chi connectivity index (χ3n) is 18.5. The minimum absolute atomic E-state index is 0.00770. The second-order valence-corrected chi connectivity index (χ2v) is 29.1. The summed E-state index contributed by atoms with van der Waals surface area (Å²) in [6.07, 6.45) is -2.67. The molecule has 0 bridgehead atoms. The van der Waals surface area contributed by atoms with Crippen LogP contribution in [-0.2, 0) is 84.8 Å². The number of carbonyl (C=O) groups excluding carboxylic acids is 13. The summed E-state index contributed by atoms with van der Waals surface area (Å²) in [6.45, 7) is 5.54. The maximum atomic E-state index is 14.9. The Morgan fingerprint density at radius 2 is 0.802 bits per heavy atom. The number of aliphatic hydroxyl groups is 4. The van der Waals surface area contributed by atoms with E-state index in [4.69, 9.17) is 28.7 Å². The van der Waals surface area contributed by atoms with Crippen molar-refractivity contribution in [3.63, 3.8) is 0 Å². The predicted molar refractivity (Wildman–Crippen MR) is 425 cm³/mol. The van der Waals surface area contributed by atoms with Gasteiger partial charge in [0.25, 0.3) is 0 Å². The zero-order chi connectivity index (χ0) is 87.1. The number of benzene rings is 2. The number of carboxylic acids is 2. The van der Waals surface area contributed by atoms with Crippen LogP contribution in [0.3, 0.4) is 0 Å². The number of carbonyl (C=O) groups is 15. The van der Waals surface area contributed by atoms with Crippen molar-refractivity contribution in [3.05, 3.63) is 65.7 Å². The zero-order valence-electron chi connectivity index (χ0n) is 66.5. The number of nitrogens with one attached hydrogen (secondary N) is 14. The van der Waals surface area contributed by atoms with Crippen LogP contribution in [0, 0.1) is 5.92 Å². The number of aliphatic hydroxyl groups excluding tert-OH is 4. The molecule has 0 spiro atoms. The quantitative estimate of drug-likeness (QED) is 0.0216. The molecule has 2 aromatic rings. The second-order valence-electron chi connectivity index (χ2n) is 28.1. The van der Waals surface area contributed by atoms with E-state index in [1.807, 2.05) is 0 Å². The molecule has 13 amide bonds. The van der Waals surface area contributed by atoms with Crippen LogP contribution < -0.4 is 103 Å². The Morgan fingerprint density at radius 3 is 1.22 bits per heavy atom. The van der Waals surface area contributed by atoms with Crippen molar-refractivity contribution in [2.45, 2.75) is 241 Å². The molecule has 0 aromatic heterocycles. The number of hydrogen-bond donors (Lipinski definition) is 26. The number of phenolic OH excluding ortho intramolecular Hbond substituents is 1. The number of unbranched alkanes of at least 4 members (excludes halogenated alkanes) is 3. The summed E-state index contributed by atoms with van der Waals surface area (Å²) in [5, 5.41) is 107. The number of aromatic hydroxyl groups is 1. The molecule has 2 aromatic carbocycles. The van der Waals surface area contributed by atoms with Gasteiger partial charge in [0.15, 0.2) is 0 Å². The summed E-state index contributed by atoms with van der Waals surface area (Å²) < 4.78 is 0. The van der Waals surface area contributed by atoms with E-state index < -0.39 is 218 Å². The van der Waals surface area contributed by atoms with Crippen molar-refractivity contribution in [1.29, 1.82) is 0 Å². The van der Waals surface area contributed by atoms with E-state index in [2.05, 4.69) is 74.4 Å². The van der Waals surface area contributed by atoms with Crippen LogP contribution in [0.2, 0.25) is 0 Å². The molecule has 652 valence electrons. The lowest BCUT2D eigenvalue weighted by Gasteiger charge is -2.30. The molecule has 16 atom stereocenters. The molecule has 0 unspecified atom stereocenters. The largest absolute Gasteiger partial charge is 0.508 e. The second kappa shape index (κ2) is 55.7. The molecule has 42 heteroatoms. The van der Waals surface area contributed by atoms with Crippen molar-refractivity contribution < 1.29 is 108 Å². The molecule has 0 aliphatic carbocycles. The van der Waals surface area contributed by atoms with Crippen molar-refractivity contribution in [2.24, 2.45) is 34.6 Å². The van der Waals surface area contributed by atoms with E-state index in [0.29, 0.717) is 43.2 Å². The first kappa shape index (κ1) is 102. The molecule has 0 aliphatic rings. The van der Waals surface area contributed by atoms with Crippen molar-refractivity contribution in [2.75, 3.05) is 51.4 Å². The first-order valence-corrected chi connectivity index (χ1v) is 40.0. The fraction of sp³-hybridized carbons (Fsp3) is 0.635. The maximum absolute atomic E-state index is 14.9. The van der Waals surface area contributed by atoms with Gasteiger partial charge in [-0.05, 0) is 158 Å². The number of aliphatic carboxylic acids is 2. The molecule has 31 N–H and O–H groups in total. The Hall–Kier alpha value is -9.76. The van der Waals surface area contributed by atoms with Gasteiger partial charge < -0.3 is 134 Å². The minimum Gasteiger partial charge on any atom is -0.508 e. The fourth-order valence-corrected chi connectivity index (χ4v) is 12.0. The summed E-state index contributed by atoms with van der Waals surface area (Å²) in [6, 6.07) is -7.65. The first-order chi connectivity index (χ1) is 54.9. The number of phenols is 1. The van der Waals surface area contributed by atoms with E-state index in [9.17, 15) is 108 Å². The summed E-state index contributed by atoms with van der Waals surface area (Å²) in [4.78, 5) is 207. The van der Waals surface area contributed by atoms with Crippen molar-refractivity contribution >= 4 is 100 Å². The normalized spacial score (nSPS) is 15.4. The highest BCUT2D eigenvalue weighted by atomic mass is 32.2. The van der Waals surface area contributed by atoms with E-state index in [1.54, 1.807) is 50.4 Å². The Morgan fingerprint density at radius 1 is 0.422 bits per heavy atom. The van der Waals surface area contributed by atoms with Gasteiger partial charge in [-0.2, -0.15) is 11.8 Å². The molecule has 0 aliphatic heterocycles. The molecule has 0 saturated heterocycles. The summed E-state index contributed by atoms with van der Waals surface area (Å²) in [5.41, 5.74) is 29.2. The van der Waals surface area contributed by atoms with Gasteiger partial charge in [0.1, 0.15) is 84.5 Å². The van der Waals surface area contributed by atoms with Gasteiger partial charge >= 0.3 is 11.9 Å². The average molecular weight is 1660 g/mol. The van der Waals surface area contributed by atoms with Crippen LogP contribution in [0.5, 0.6) is 5.75 Å². The number of amides is 13. The molecule has 2 rings (SSSR count). The van der Waals surface area contributed by atoms with Gasteiger partial charge in [-0.15, -0.1) is 0 Å². The van der Waals surface area contributed by atoms with E-state index >= 15 is 0 Å². The SMILES string of the molecule is CC[C@H](C)[C@H](NC(=O)[C@H](CO)NC(=O)[C@H](CCCCNC(C)=O)NC(=O)[C@H](Cc1ccccc1)NC(=O)[C@@H](NC(=O)[C@H](CCC(=O)O)NC(=O)[C@H](Cc1ccc(O)cc1)NC(=O)[C@@H](NC(=O)[C@@H](N)CCCNC(N)N)[C@@H](C)O)[C@@H](C)O)C(=O)N[C@@H](CCSC)C(=O)N[C@@H](CCCCN)C(=O)N[C@@H](CCCCN)C(=O)N[C@@H](CO)C(=O)O. The molecule has 0 radical (unpaired) electrons. The number of hydrogen-bond acceptors (Lipinski definition) is 27. The monoisotopic (exact) mass is 1660 g/mol. The van der Waals surface area contributed by atoms with Gasteiger partial charge in [-0.1, -0.05) is 62.7 Å². The Labute approximate surface area is 678 Å². The van der Waals surface area contributed by atoms with Crippen LogP contribution in [-0.4, -0.2) is 273 Å². The first-order valence-electron chi connectivity index (χ1n) is 38.6. The van der Waals surface area contributed by atoms with Gasteiger partial charge in [0.2, 0.25) is 76.8 Å². The lowest BCUT2D eigenvalue weighted by Crippen LogP contribution is -2.63. The van der Waals surface area contributed by atoms with E-state index in [-0.39, 0.29) is 101 Å². The molecular weight excluding hydrogens is 1540 g/mol. The number of rotatable bonds is 59. The molecule has 0 heterocycles. The molecule has 41 nitrogen and oxygen atoms in total. The number of carboxylic acid groups (broad SMARTS) is 2. The van der Waals surface area contributed by atoms with Gasteiger partial charge in [-0.3, -0.25) is 72.4 Å². The minimum atomic E-state index is -2.02. The summed E-state index contributed by atoms with van der Waals surface area (Å²) in [5.74, 6) is -16.5. The predicted octanol–water partition coefficient (Wildman–Crippen LogP) is -7.05. The highest BCUT2D eigenvalue weighted by molar-refractivity contribution is 7.98. The van der Waals surface area contributed by atoms with Gasteiger partial charge in [0, 0.05) is 32.7 Å². The molecule has 116 heavy (non-hydrogen) atoms. The molecular formula is C74H123N19O22S. The van der Waals surface area contributed by atoms with E-state index in [0.717, 1.165) is 6.92 Å². The van der Waals surface area contributed by atoms with Gasteiger partial charge in [0.05, 0.1) is 31.5 Å². The zero-order valence-corrected chi connectivity index (χ0v) is 67.3. The van der Waals surface area contributed by atoms with Gasteiger partial charge in [-0.25, -0.2) is 4.79 Å². The highest BCUT2D eigenvalue weighted by Gasteiger charge is 2.40. The topological polar surface area (TPSA) is 696 Å². The fourth-order valence-electron chi connectivity index (χ4n) is 11.5. The van der Waals surface area contributed by atoms with Crippen molar-refractivity contribution in [1.82, 2.24) is 74.4 Å². The molecule has 0 fully saturated rings. The third-order valence-corrected chi connectivity index (χ3v) is 19.1. The number of thioether (sulfide) groups is 1. The van der Waals surface area contributed by atoms with Crippen LogP contribution in [0.4, 0.5) is 0 Å². The standard InChI is InChI=1S/C74H123N19O22S/c1-7-40(2)58(70(111)86-52(30-35-116-6)65(106)83-48(21-11-14-31-75)62(103)82-49(22-12-15-32-76)64(105)90-56(39-95)73(114)115)91-69(110)55(38-94)89-63(104)50(23-13-16-33-80-43(5)98)84-67(108)53(36-44-18-9-8-10-19-44)87-72(113)60(42(4)97)93-66(107)51(28-29-57(100)101)85-68(109)54(37-45-24-26-46(99)27-25-45)88-71(112)59(41(3)96)92-61(102)47(77)20-17-34-81-74(78)79/h8-10,18-19,24-27,40-42,47-56,58-60,74,81,94-97,99H,7,11-17,20-23,28-39,75-79H2,1-6H3,(H,80,98)(H,82,103)(H,83,106)(H,84,108)(H,85,109)(H,86,111)(H,87,113)(H,88,112)(H,89,104)(H,90,105)(H,91,110)(H,92,102)(H,93,107)(H,100,101)(H,114,115)/t40-,41+,42+,47-,48-,49-,50-,51-,52-,53-,54-,55-,56-,58-,59-,60-/m0/s1. The highest BCUT2D eigenvalue weighted by Crippen LogP contribution is 2.17. The summed E-state index contributed by atoms with van der Waals surface area (Å²) >= 11 is 1.31. The van der Waals surface area contributed by atoms with Crippen LogP contribution in [0.15, 0.2) is 54.6 Å². The summed E-state index contributed by atoms with van der Waals surface area (Å²) in [7, 11) is 0. The number of nitrogens with two attached hydrogens (primary N) is 5. The lowest BCUT2D eigenvalue weighted by molar-refractivity contribution is -0.143. The Bertz CT molecular complexity index is 3460. The third kappa shape index (κ3) is 39.3. The van der Waals surface area contributed by atoms with Crippen molar-refractivity contribution in [3.8, 4) is 5.75 Å². The van der Waals surface area contributed by atoms with Crippen LogP contribution in [0.25, 0.3) is 0 Å². The maximum Gasteiger partial charge on any atom is 0.328 e. The Kier molecular flexibility index (Phi) is 49.2. The Balaban J connectivity index is 2.60. The smallest absolute Gasteiger partial charge is 0.328 e. The van der Waals surface area contributed by atoms with Crippen LogP contribution >= 0.6 is 11.8 Å². The van der Waals surface area contributed by atoms with E-state index in [1.165, 1.54) is 49.9 Å². The lowest BCUT2D eigenvalue weighted by atomic mass is 9.97. The molecule has 0 saturated carbocycles. The average Bonchev–Trinajstić information content (AvgIpc) is 0.846. The van der Waals surface area contributed by atoms with Crippen LogP contribution in [0.1, 0.15) is 142 Å².